The zero-order valence-corrected chi connectivity index (χ0v) is 35.0. The van der Waals surface area contributed by atoms with E-state index in [1.807, 2.05) is 6.07 Å². The second kappa shape index (κ2) is 38.9. The number of unbranched alkanes of at least 4 members (excludes halogenated alkanes) is 32. The Morgan fingerprint density at radius 2 is 0.596 bits per heavy atom. The molecule has 4 nitrogen and oxygen atoms in total. The third-order valence-corrected chi connectivity index (χ3v) is 11.0. The first-order valence-electron chi connectivity index (χ1n) is 23.3. The number of benzene rings is 1. The summed E-state index contributed by atoms with van der Waals surface area (Å²) in [5.74, 6) is 0.294. The van der Waals surface area contributed by atoms with Crippen molar-refractivity contribution in [3.05, 3.63) is 35.4 Å². The summed E-state index contributed by atoms with van der Waals surface area (Å²) in [6.45, 7) is 5.69. The van der Waals surface area contributed by atoms with E-state index in [0.29, 0.717) is 25.9 Å². The number of hydrogen-bond acceptors (Lipinski definition) is 2. The van der Waals surface area contributed by atoms with Gasteiger partial charge >= 0.3 is 0 Å². The van der Waals surface area contributed by atoms with Crippen LogP contribution in [0.4, 0.5) is 0 Å². The highest BCUT2D eigenvalue weighted by atomic mass is 16.2. The van der Waals surface area contributed by atoms with Gasteiger partial charge in [0.25, 0.3) is 0 Å². The molecule has 0 atom stereocenters. The Labute approximate surface area is 324 Å². The molecule has 0 spiro atoms. The van der Waals surface area contributed by atoms with Gasteiger partial charge in [0.05, 0.1) is 0 Å². The number of amides is 2. The molecule has 0 aliphatic heterocycles. The monoisotopic (exact) mass is 725 g/mol. The third-order valence-electron chi connectivity index (χ3n) is 11.0. The van der Waals surface area contributed by atoms with Gasteiger partial charge in [-0.15, -0.1) is 0 Å². The summed E-state index contributed by atoms with van der Waals surface area (Å²) in [5.41, 5.74) is 2.19. The molecular formula is C48H88N2O2. The predicted molar refractivity (Wildman–Crippen MR) is 228 cm³/mol. The van der Waals surface area contributed by atoms with Crippen LogP contribution < -0.4 is 10.6 Å². The van der Waals surface area contributed by atoms with Crippen LogP contribution in [0.3, 0.4) is 0 Å². The van der Waals surface area contributed by atoms with E-state index in [0.717, 1.165) is 36.8 Å². The summed E-state index contributed by atoms with van der Waals surface area (Å²) in [4.78, 5) is 24.8. The molecule has 0 radical (unpaired) electrons. The Balaban J connectivity index is 1.91. The van der Waals surface area contributed by atoms with Gasteiger partial charge in [-0.2, -0.15) is 0 Å². The van der Waals surface area contributed by atoms with Gasteiger partial charge in [0, 0.05) is 25.9 Å². The molecule has 0 saturated carbocycles. The lowest BCUT2D eigenvalue weighted by atomic mass is 10.0. The van der Waals surface area contributed by atoms with Crippen LogP contribution in [0.2, 0.25) is 0 Å². The minimum absolute atomic E-state index is 0.147. The first-order valence-corrected chi connectivity index (χ1v) is 23.3. The average molecular weight is 725 g/mol. The van der Waals surface area contributed by atoms with Crippen molar-refractivity contribution in [1.29, 1.82) is 0 Å². The fourth-order valence-corrected chi connectivity index (χ4v) is 7.45. The van der Waals surface area contributed by atoms with Crippen LogP contribution in [-0.2, 0) is 22.7 Å². The minimum atomic E-state index is 0.147. The molecule has 0 bridgehead atoms. The fraction of sp³-hybridized carbons (Fsp3) is 0.833. The van der Waals surface area contributed by atoms with Crippen LogP contribution in [0.1, 0.15) is 256 Å². The average Bonchev–Trinajstić information content (AvgIpc) is 3.15. The third kappa shape index (κ3) is 34.0. The molecule has 302 valence electrons. The summed E-state index contributed by atoms with van der Waals surface area (Å²) in [6.07, 6.45) is 47.3. The Bertz CT molecular complexity index is 846. The first-order chi connectivity index (χ1) is 25.7. The van der Waals surface area contributed by atoms with E-state index in [4.69, 9.17) is 0 Å². The van der Waals surface area contributed by atoms with Crippen LogP contribution in [-0.4, -0.2) is 11.8 Å². The van der Waals surface area contributed by atoms with Gasteiger partial charge < -0.3 is 10.6 Å². The van der Waals surface area contributed by atoms with Gasteiger partial charge in [0.2, 0.25) is 11.8 Å². The topological polar surface area (TPSA) is 58.2 Å². The molecule has 0 aliphatic carbocycles. The fourth-order valence-electron chi connectivity index (χ4n) is 7.45. The molecule has 1 rings (SSSR count). The molecule has 52 heavy (non-hydrogen) atoms. The number of hydrogen-bond donors (Lipinski definition) is 2. The van der Waals surface area contributed by atoms with E-state index in [9.17, 15) is 9.59 Å². The highest BCUT2D eigenvalue weighted by molar-refractivity contribution is 5.76. The summed E-state index contributed by atoms with van der Waals surface area (Å²) >= 11 is 0. The molecule has 2 N–H and O–H groups in total. The van der Waals surface area contributed by atoms with Crippen molar-refractivity contribution in [2.24, 2.45) is 0 Å². The second-order valence-corrected chi connectivity index (χ2v) is 16.2. The summed E-state index contributed by atoms with van der Waals surface area (Å²) in [5, 5.41) is 6.19. The van der Waals surface area contributed by atoms with E-state index in [-0.39, 0.29) is 11.8 Å². The maximum Gasteiger partial charge on any atom is 0.220 e. The predicted octanol–water partition coefficient (Wildman–Crippen LogP) is 15.0. The zero-order valence-electron chi connectivity index (χ0n) is 35.0. The van der Waals surface area contributed by atoms with Gasteiger partial charge in [-0.3, -0.25) is 9.59 Å². The van der Waals surface area contributed by atoms with Crippen LogP contribution in [0.15, 0.2) is 24.3 Å². The largest absolute Gasteiger partial charge is 0.352 e. The van der Waals surface area contributed by atoms with Gasteiger partial charge in [-0.05, 0) is 24.0 Å². The Kier molecular flexibility index (Phi) is 36.0. The van der Waals surface area contributed by atoms with Crippen molar-refractivity contribution in [3.8, 4) is 0 Å². The highest BCUT2D eigenvalue weighted by Gasteiger charge is 2.05. The number of rotatable bonds is 40. The molecule has 0 aliphatic rings. The molecular weight excluding hydrogens is 637 g/mol. The van der Waals surface area contributed by atoms with Gasteiger partial charge in [0.1, 0.15) is 0 Å². The van der Waals surface area contributed by atoms with Crippen LogP contribution in [0, 0.1) is 0 Å². The van der Waals surface area contributed by atoms with E-state index in [1.54, 1.807) is 0 Å². The summed E-state index contributed by atoms with van der Waals surface area (Å²) in [7, 11) is 0. The van der Waals surface area contributed by atoms with Gasteiger partial charge in [0.15, 0.2) is 0 Å². The quantitative estimate of drug-likeness (QED) is 0.0662. The van der Waals surface area contributed by atoms with Crippen molar-refractivity contribution in [2.45, 2.75) is 258 Å². The standard InChI is InChI=1S/C48H88N2O2/c1-3-5-7-9-11-13-15-17-19-21-23-25-27-29-31-33-35-40-47(51)49-43-45-38-37-39-46(42-45)44-50-48(52)41-36-34-32-30-28-26-24-22-20-18-16-14-12-10-8-6-4-2/h37-39,42H,3-36,40-41,43-44H2,1-2H3,(H,49,51)(H,50,52). The van der Waals surface area contributed by atoms with E-state index in [1.165, 1.54) is 193 Å². The Morgan fingerprint density at radius 1 is 0.365 bits per heavy atom. The SMILES string of the molecule is CCCCCCCCCCCCCCCCCCCC(=O)NCc1cccc(CNC(=O)CCCCCCCCCCCCCCCCCCC)c1. The van der Waals surface area contributed by atoms with Crippen LogP contribution >= 0.6 is 0 Å². The Morgan fingerprint density at radius 3 is 0.846 bits per heavy atom. The van der Waals surface area contributed by atoms with E-state index >= 15 is 0 Å². The number of carbonyl (C=O) groups excluding carboxylic acids is 2. The van der Waals surface area contributed by atoms with Crippen molar-refractivity contribution in [3.63, 3.8) is 0 Å². The van der Waals surface area contributed by atoms with Gasteiger partial charge in [-0.1, -0.05) is 244 Å². The zero-order chi connectivity index (χ0) is 37.4. The number of carbonyl (C=O) groups is 2. The van der Waals surface area contributed by atoms with Crippen molar-refractivity contribution in [2.75, 3.05) is 0 Å². The molecule has 0 aromatic heterocycles. The van der Waals surface area contributed by atoms with Crippen molar-refractivity contribution >= 4 is 11.8 Å². The lowest BCUT2D eigenvalue weighted by Crippen LogP contribution is -2.23. The first kappa shape index (κ1) is 48.2. The molecule has 2 amide bonds. The van der Waals surface area contributed by atoms with Crippen LogP contribution in [0.5, 0.6) is 0 Å². The number of nitrogens with one attached hydrogen (secondary N) is 2. The molecule has 0 heterocycles. The maximum atomic E-state index is 12.4. The van der Waals surface area contributed by atoms with Crippen molar-refractivity contribution < 1.29 is 9.59 Å². The Hall–Kier alpha value is -1.84. The summed E-state index contributed by atoms with van der Waals surface area (Å²) in [6, 6.07) is 8.23. The van der Waals surface area contributed by atoms with E-state index < -0.39 is 0 Å². The molecule has 1 aromatic rings. The minimum Gasteiger partial charge on any atom is -0.352 e. The highest BCUT2D eigenvalue weighted by Crippen LogP contribution is 2.16. The molecule has 0 fully saturated rings. The molecule has 1 aromatic carbocycles. The normalized spacial score (nSPS) is 11.3. The molecule has 0 unspecified atom stereocenters. The lowest BCUT2D eigenvalue weighted by molar-refractivity contribution is -0.122. The molecule has 4 heteroatoms. The maximum absolute atomic E-state index is 12.4. The second-order valence-electron chi connectivity index (χ2n) is 16.2. The van der Waals surface area contributed by atoms with E-state index in [2.05, 4.69) is 42.7 Å². The summed E-state index contributed by atoms with van der Waals surface area (Å²) < 4.78 is 0. The van der Waals surface area contributed by atoms with Gasteiger partial charge in [-0.25, -0.2) is 0 Å². The van der Waals surface area contributed by atoms with Crippen LogP contribution in [0.25, 0.3) is 0 Å². The lowest BCUT2D eigenvalue weighted by Gasteiger charge is -2.09. The smallest absolute Gasteiger partial charge is 0.220 e. The van der Waals surface area contributed by atoms with Crippen molar-refractivity contribution in [1.82, 2.24) is 10.6 Å². The molecule has 0 saturated heterocycles.